The van der Waals surface area contributed by atoms with Gasteiger partial charge in [0.05, 0.1) is 23.8 Å². The summed E-state index contributed by atoms with van der Waals surface area (Å²) in [6, 6.07) is 12.7. The molecule has 2 aliphatic carbocycles. The first-order valence-electron chi connectivity index (χ1n) is 14.6. The van der Waals surface area contributed by atoms with Crippen LogP contribution in [0.1, 0.15) is 86.6 Å². The molecule has 1 saturated heterocycles. The van der Waals surface area contributed by atoms with E-state index >= 15 is 0 Å². The maximum Gasteiger partial charge on any atom is 0.416 e. The lowest BCUT2D eigenvalue weighted by Crippen LogP contribution is -2.60. The Labute approximate surface area is 231 Å². The maximum absolute atomic E-state index is 13.7. The van der Waals surface area contributed by atoms with Gasteiger partial charge >= 0.3 is 6.18 Å². The molecule has 2 aromatic rings. The van der Waals surface area contributed by atoms with E-state index < -0.39 is 11.7 Å². The van der Waals surface area contributed by atoms with Crippen molar-refractivity contribution in [1.29, 1.82) is 0 Å². The molecule has 1 aliphatic heterocycles. The molecule has 210 valence electrons. The molecule has 0 amide bonds. The zero-order valence-electron chi connectivity index (χ0n) is 23.4. The highest BCUT2D eigenvalue weighted by Gasteiger charge is 2.55. The van der Waals surface area contributed by atoms with Gasteiger partial charge in [0.1, 0.15) is 12.5 Å². The van der Waals surface area contributed by atoms with Crippen LogP contribution in [0.5, 0.6) is 5.75 Å². The molecular weight excluding hydrogens is 497 g/mol. The summed E-state index contributed by atoms with van der Waals surface area (Å²) in [5, 5.41) is 0. The van der Waals surface area contributed by atoms with Crippen molar-refractivity contribution >= 4 is 12.4 Å². The number of likely N-dealkylation sites (tertiary alicyclic amines) is 1. The molecule has 1 heterocycles. The monoisotopic (exact) mass is 539 g/mol. The Balaban J connectivity index is 1.54. The highest BCUT2D eigenvalue weighted by Crippen LogP contribution is 2.52. The molecule has 0 radical (unpaired) electrons. The number of hydrogen-bond donors (Lipinski definition) is 0. The first kappa shape index (κ1) is 27.9. The molecule has 0 aromatic heterocycles. The topological polar surface area (TPSA) is 15.5 Å². The number of aryl methyl sites for hydroxylation is 1. The fraction of sp³-hybridized carbons (Fsp3) is 0.545. The van der Waals surface area contributed by atoms with Crippen LogP contribution in [0.4, 0.5) is 13.2 Å². The Kier molecular flexibility index (Phi) is 7.96. The van der Waals surface area contributed by atoms with Crippen LogP contribution in [-0.2, 0) is 12.6 Å². The minimum Gasteiger partial charge on any atom is -0.496 e. The van der Waals surface area contributed by atoms with Crippen molar-refractivity contribution in [3.05, 3.63) is 71.3 Å². The average molecular weight is 540 g/mol. The van der Waals surface area contributed by atoms with E-state index in [-0.39, 0.29) is 17.3 Å². The smallest absolute Gasteiger partial charge is 0.416 e. The average Bonchev–Trinajstić information content (AvgIpc) is 3.76. The Morgan fingerprint density at radius 1 is 1.05 bits per heavy atom. The van der Waals surface area contributed by atoms with E-state index in [2.05, 4.69) is 42.5 Å². The van der Waals surface area contributed by atoms with Crippen LogP contribution < -0.4 is 4.74 Å². The number of ether oxygens (including phenoxy) is 1. The molecule has 0 N–H and O–H groups in total. The summed E-state index contributed by atoms with van der Waals surface area (Å²) >= 11 is 0. The lowest BCUT2D eigenvalue weighted by molar-refractivity contribution is -0.502. The summed E-state index contributed by atoms with van der Waals surface area (Å²) < 4.78 is 48.6. The zero-order valence-corrected chi connectivity index (χ0v) is 23.4. The molecule has 39 heavy (non-hydrogen) atoms. The van der Waals surface area contributed by atoms with Gasteiger partial charge in [-0.2, -0.15) is 17.7 Å². The number of rotatable bonds is 9. The Bertz CT molecular complexity index is 1170. The van der Waals surface area contributed by atoms with E-state index in [1.54, 1.807) is 0 Å². The number of methoxy groups -OCH3 is 1. The normalized spacial score (nSPS) is 22.4. The van der Waals surface area contributed by atoms with Crippen molar-refractivity contribution in [2.75, 3.05) is 20.2 Å². The van der Waals surface area contributed by atoms with Crippen molar-refractivity contribution in [3.63, 3.8) is 0 Å². The molecule has 3 aliphatic rings. The van der Waals surface area contributed by atoms with E-state index in [1.165, 1.54) is 50.8 Å². The second-order valence-corrected chi connectivity index (χ2v) is 11.8. The van der Waals surface area contributed by atoms with Crippen molar-refractivity contribution in [2.24, 2.45) is 11.8 Å². The van der Waals surface area contributed by atoms with Crippen LogP contribution in [0, 0.1) is 11.8 Å². The Hall–Kier alpha value is -2.60. The van der Waals surface area contributed by atoms with Gasteiger partial charge in [-0.3, -0.25) is 4.90 Å². The van der Waals surface area contributed by atoms with Gasteiger partial charge in [0.25, 0.3) is 0 Å². The predicted molar refractivity (Wildman–Crippen MR) is 151 cm³/mol. The summed E-state index contributed by atoms with van der Waals surface area (Å²) in [6.45, 7) is 13.0. The van der Waals surface area contributed by atoms with Crippen molar-refractivity contribution in [3.8, 4) is 5.75 Å². The third kappa shape index (κ3) is 5.41. The maximum atomic E-state index is 13.7. The minimum atomic E-state index is -4.45. The number of benzene rings is 2. The zero-order chi connectivity index (χ0) is 27.8. The highest BCUT2D eigenvalue weighted by atomic mass is 19.4. The molecule has 6 heteroatoms. The first-order chi connectivity index (χ1) is 18.7. The van der Waals surface area contributed by atoms with E-state index in [0.29, 0.717) is 23.2 Å². The minimum absolute atomic E-state index is 0.0749. The summed E-state index contributed by atoms with van der Waals surface area (Å²) in [7, 11) is 1.43. The third-order valence-corrected chi connectivity index (χ3v) is 9.59. The van der Waals surface area contributed by atoms with Gasteiger partial charge in [-0.25, -0.2) is 0 Å². The fourth-order valence-electron chi connectivity index (χ4n) is 7.23. The molecule has 0 spiro atoms. The second kappa shape index (κ2) is 11.1. The van der Waals surface area contributed by atoms with Gasteiger partial charge in [0, 0.05) is 5.56 Å². The van der Waals surface area contributed by atoms with Crippen LogP contribution in [-0.4, -0.2) is 41.9 Å². The van der Waals surface area contributed by atoms with E-state index in [4.69, 9.17) is 4.74 Å². The van der Waals surface area contributed by atoms with E-state index in [1.807, 2.05) is 17.6 Å². The van der Waals surface area contributed by atoms with Crippen LogP contribution in [0.3, 0.4) is 0 Å². The first-order valence-corrected chi connectivity index (χ1v) is 14.6. The number of halogens is 3. The van der Waals surface area contributed by atoms with E-state index in [9.17, 15) is 13.2 Å². The molecule has 0 bridgehead atoms. The molecular formula is C33H42F3N2O+. The van der Waals surface area contributed by atoms with Gasteiger partial charge in [0.15, 0.2) is 0 Å². The lowest BCUT2D eigenvalue weighted by atomic mass is 9.67. The number of hydrogen-bond acceptors (Lipinski definition) is 2. The Morgan fingerprint density at radius 3 is 2.31 bits per heavy atom. The van der Waals surface area contributed by atoms with Crippen molar-refractivity contribution in [1.82, 2.24) is 4.90 Å². The van der Waals surface area contributed by atoms with Crippen LogP contribution >= 0.6 is 0 Å². The molecule has 3 fully saturated rings. The summed E-state index contributed by atoms with van der Waals surface area (Å²) in [4.78, 5) is 2.73. The molecule has 5 rings (SSSR count). The van der Waals surface area contributed by atoms with Crippen molar-refractivity contribution < 1.29 is 22.5 Å². The second-order valence-electron chi connectivity index (χ2n) is 11.8. The Morgan fingerprint density at radius 2 is 1.74 bits per heavy atom. The van der Waals surface area contributed by atoms with Crippen LogP contribution in [0.2, 0.25) is 0 Å². The van der Waals surface area contributed by atoms with Gasteiger partial charge in [0.2, 0.25) is 11.7 Å². The van der Waals surface area contributed by atoms with Gasteiger partial charge in [-0.05, 0) is 107 Å². The molecule has 3 nitrogen and oxygen atoms in total. The standard InChI is InChI=1S/C33H42F3N2O/c1-5-24-21-28(33(34,35)36)22-29(39-4)30(24)23(2)37(3)31(27-11-7-6-8-12-27)32(17-10-18-32)38-19-9-13-25(16-20-38)26-14-15-26/h6-8,11-12,21-22,25-26,31H,2-3,5,9-10,13-20H2,1,4H3/q+1. The number of alkyl halides is 3. The number of nitrogens with zero attached hydrogens (tertiary/aromatic N) is 2. The molecule has 2 saturated carbocycles. The summed E-state index contributed by atoms with van der Waals surface area (Å²) in [5.74, 6) is 1.96. The molecule has 2 atom stereocenters. The van der Waals surface area contributed by atoms with Crippen LogP contribution in [0.25, 0.3) is 5.70 Å². The van der Waals surface area contributed by atoms with Gasteiger partial charge in [-0.1, -0.05) is 37.3 Å². The fourth-order valence-corrected chi connectivity index (χ4v) is 7.23. The van der Waals surface area contributed by atoms with Gasteiger partial charge in [-0.15, -0.1) is 0 Å². The van der Waals surface area contributed by atoms with Crippen molar-refractivity contribution in [2.45, 2.75) is 82.5 Å². The predicted octanol–water partition coefficient (Wildman–Crippen LogP) is 8.14. The highest BCUT2D eigenvalue weighted by molar-refractivity contribution is 5.68. The molecule has 2 aromatic carbocycles. The summed E-state index contributed by atoms with van der Waals surface area (Å²) in [5.41, 5.74) is 2.16. The lowest BCUT2D eigenvalue weighted by Gasteiger charge is -2.52. The van der Waals surface area contributed by atoms with Gasteiger partial charge < -0.3 is 4.74 Å². The quantitative estimate of drug-likeness (QED) is 0.236. The summed E-state index contributed by atoms with van der Waals surface area (Å²) in [6.07, 6.45) is 5.86. The third-order valence-electron chi connectivity index (χ3n) is 9.59. The van der Waals surface area contributed by atoms with Crippen LogP contribution in [0.15, 0.2) is 49.0 Å². The molecule has 2 unspecified atom stereocenters. The SMILES string of the molecule is C=C(c1c(CC)cc(C(F)(F)F)cc1OC)[N+](=C)C(c1ccccc1)C1(N2CCCC(C3CC3)CC2)CCC1. The van der Waals surface area contributed by atoms with E-state index in [0.717, 1.165) is 50.3 Å². The largest absolute Gasteiger partial charge is 0.496 e.